The lowest BCUT2D eigenvalue weighted by atomic mass is 10.0. The Labute approximate surface area is 224 Å². The topological polar surface area (TPSA) is 102 Å². The van der Waals surface area contributed by atoms with E-state index < -0.39 is 5.54 Å². The van der Waals surface area contributed by atoms with Gasteiger partial charge in [-0.2, -0.15) is 0 Å². The van der Waals surface area contributed by atoms with Crippen LogP contribution < -0.4 is 16.5 Å². The first kappa shape index (κ1) is 24.5. The number of aromatic nitrogens is 1. The minimum absolute atomic E-state index is 0.125. The highest BCUT2D eigenvalue weighted by Gasteiger charge is 2.45. The fourth-order valence-corrected chi connectivity index (χ4v) is 6.04. The summed E-state index contributed by atoms with van der Waals surface area (Å²) in [6.45, 7) is 2.58. The zero-order chi connectivity index (χ0) is 26.3. The van der Waals surface area contributed by atoms with Crippen LogP contribution in [-0.2, 0) is 21.4 Å². The predicted molar refractivity (Wildman–Crippen MR) is 151 cm³/mol. The number of morpholine rings is 1. The molecule has 9 heteroatoms. The zero-order valence-electron chi connectivity index (χ0n) is 21.1. The Bertz CT molecular complexity index is 1660. The summed E-state index contributed by atoms with van der Waals surface area (Å²) < 4.78 is 9.74. The van der Waals surface area contributed by atoms with Crippen LogP contribution in [-0.4, -0.2) is 53.5 Å². The van der Waals surface area contributed by atoms with Crippen LogP contribution in [0.15, 0.2) is 71.6 Å². The van der Waals surface area contributed by atoms with Crippen molar-refractivity contribution >= 4 is 49.4 Å². The summed E-state index contributed by atoms with van der Waals surface area (Å²) in [5.74, 6) is 0.503. The van der Waals surface area contributed by atoms with E-state index in [4.69, 9.17) is 15.5 Å². The van der Waals surface area contributed by atoms with Crippen molar-refractivity contribution in [1.82, 2.24) is 9.47 Å². The van der Waals surface area contributed by atoms with Crippen molar-refractivity contribution < 1.29 is 14.3 Å². The quantitative estimate of drug-likeness (QED) is 0.294. The van der Waals surface area contributed by atoms with Gasteiger partial charge in [0.15, 0.2) is 0 Å². The smallest absolute Gasteiger partial charge is 0.244 e. The van der Waals surface area contributed by atoms with Gasteiger partial charge in [-0.05, 0) is 43.2 Å². The molecule has 0 radical (unpaired) electrons. The van der Waals surface area contributed by atoms with Crippen LogP contribution in [0.25, 0.3) is 31.3 Å². The van der Waals surface area contributed by atoms with Gasteiger partial charge in [-0.25, -0.2) is 4.99 Å². The number of hydrogen-bond donors (Lipinski definition) is 2. The molecule has 1 saturated heterocycles. The molecule has 0 spiro atoms. The Kier molecular flexibility index (Phi) is 6.35. The van der Waals surface area contributed by atoms with Gasteiger partial charge in [-0.1, -0.05) is 18.2 Å². The molecule has 194 valence electrons. The lowest BCUT2D eigenvalue weighted by Gasteiger charge is -2.28. The highest BCUT2D eigenvalue weighted by Crippen LogP contribution is 2.40. The molecule has 1 aliphatic carbocycles. The number of nitrogens with zero attached hydrogens (tertiary/aromatic N) is 3. The molecule has 0 unspecified atom stereocenters. The number of ether oxygens (including phenoxy) is 1. The van der Waals surface area contributed by atoms with Crippen LogP contribution in [0.3, 0.4) is 0 Å². The second kappa shape index (κ2) is 9.83. The third-order valence-corrected chi connectivity index (χ3v) is 8.43. The number of nitrogens with one attached hydrogen (secondary N) is 1. The van der Waals surface area contributed by atoms with Gasteiger partial charge in [0.1, 0.15) is 17.6 Å². The number of benzene rings is 2. The van der Waals surface area contributed by atoms with Crippen molar-refractivity contribution in [2.24, 2.45) is 17.8 Å². The predicted octanol–water partition coefficient (Wildman–Crippen LogP) is 3.76. The van der Waals surface area contributed by atoms with E-state index in [1.807, 2.05) is 36.0 Å². The van der Waals surface area contributed by atoms with Gasteiger partial charge in [0.05, 0.1) is 18.8 Å². The lowest BCUT2D eigenvalue weighted by Crippen LogP contribution is -2.37. The molecule has 2 fully saturated rings. The standard InChI is InChI=1S/C29H29N5O3S/c1-33-12-3-6-22(27(33)32-25(9-15-35)34-13-16-37-17-14-34)20-4-2-5-21-23-18-19(7-8-24(23)38-26(20)21)31-28(36)29(30)10-11-29/h2-9,12,15,18H,10-11,13-14,16-17,30H2,1H3,(H,31,36)/b25-9+,32-27-. The number of pyridine rings is 1. The summed E-state index contributed by atoms with van der Waals surface area (Å²) >= 11 is 1.71. The molecule has 2 aliphatic rings. The molecular formula is C29H29N5O3S. The summed E-state index contributed by atoms with van der Waals surface area (Å²) in [5.41, 5.74) is 8.92. The number of amides is 1. The van der Waals surface area contributed by atoms with Crippen LogP contribution in [0.4, 0.5) is 5.69 Å². The summed E-state index contributed by atoms with van der Waals surface area (Å²) in [6.07, 6.45) is 5.72. The highest BCUT2D eigenvalue weighted by molar-refractivity contribution is 7.26. The SMILES string of the molecule is Cn1cccc(-c2cccc3c2sc2ccc(NC(=O)C4(N)CC4)cc23)/c1=N/C(=C\C=O)N1CCOCC1. The zero-order valence-corrected chi connectivity index (χ0v) is 22.0. The largest absolute Gasteiger partial charge is 0.378 e. The van der Waals surface area contributed by atoms with Crippen LogP contribution in [0.1, 0.15) is 12.8 Å². The summed E-state index contributed by atoms with van der Waals surface area (Å²) in [5, 5.41) is 5.19. The maximum Gasteiger partial charge on any atom is 0.244 e. The van der Waals surface area contributed by atoms with Crippen molar-refractivity contribution in [1.29, 1.82) is 0 Å². The van der Waals surface area contributed by atoms with Crippen molar-refractivity contribution in [2.75, 3.05) is 31.6 Å². The fraction of sp³-hybridized carbons (Fsp3) is 0.276. The van der Waals surface area contributed by atoms with Crippen LogP contribution >= 0.6 is 11.3 Å². The first-order chi connectivity index (χ1) is 18.5. The fourth-order valence-electron chi connectivity index (χ4n) is 4.83. The van der Waals surface area contributed by atoms with Crippen LogP contribution in [0, 0.1) is 0 Å². The molecule has 1 saturated carbocycles. The monoisotopic (exact) mass is 527 g/mol. The van der Waals surface area contributed by atoms with E-state index in [9.17, 15) is 9.59 Å². The number of hydrogen-bond acceptors (Lipinski definition) is 7. The number of thiophene rings is 1. The number of fused-ring (bicyclic) bond motifs is 3. The molecule has 0 atom stereocenters. The summed E-state index contributed by atoms with van der Waals surface area (Å²) in [6, 6.07) is 16.4. The maximum absolute atomic E-state index is 12.5. The van der Waals surface area contributed by atoms with E-state index in [0.717, 1.165) is 61.6 Å². The average Bonchev–Trinajstić information content (AvgIpc) is 3.58. The summed E-state index contributed by atoms with van der Waals surface area (Å²) in [4.78, 5) is 31.1. The molecule has 0 bridgehead atoms. The number of carbonyl (C=O) groups is 2. The maximum atomic E-state index is 12.5. The first-order valence-electron chi connectivity index (χ1n) is 12.7. The van der Waals surface area contributed by atoms with Crippen LogP contribution in [0.5, 0.6) is 0 Å². The number of carbonyl (C=O) groups excluding carboxylic acids is 2. The van der Waals surface area contributed by atoms with E-state index >= 15 is 0 Å². The molecule has 8 nitrogen and oxygen atoms in total. The van der Waals surface area contributed by atoms with E-state index in [1.165, 1.54) is 6.08 Å². The molecule has 1 aliphatic heterocycles. The van der Waals surface area contributed by atoms with Gasteiger partial charge in [0, 0.05) is 69.4 Å². The van der Waals surface area contributed by atoms with Crippen LogP contribution in [0.2, 0.25) is 0 Å². The second-order valence-corrected chi connectivity index (χ2v) is 10.9. The van der Waals surface area contributed by atoms with Crippen molar-refractivity contribution in [3.63, 3.8) is 0 Å². The molecule has 3 N–H and O–H groups in total. The number of nitrogens with two attached hydrogens (primary N) is 1. The third-order valence-electron chi connectivity index (χ3n) is 7.21. The molecular weight excluding hydrogens is 498 g/mol. The average molecular weight is 528 g/mol. The third kappa shape index (κ3) is 4.53. The van der Waals surface area contributed by atoms with Gasteiger partial charge in [0.25, 0.3) is 0 Å². The Balaban J connectivity index is 1.47. The minimum Gasteiger partial charge on any atom is -0.378 e. The molecule has 2 aromatic heterocycles. The van der Waals surface area contributed by atoms with Crippen molar-refractivity contribution in [2.45, 2.75) is 18.4 Å². The molecule has 38 heavy (non-hydrogen) atoms. The van der Waals surface area contributed by atoms with E-state index in [0.29, 0.717) is 32.1 Å². The van der Waals surface area contributed by atoms with Crippen molar-refractivity contribution in [3.05, 3.63) is 72.1 Å². The molecule has 6 rings (SSSR count). The Morgan fingerprint density at radius 1 is 1.11 bits per heavy atom. The molecule has 1 amide bonds. The molecule has 3 heterocycles. The minimum atomic E-state index is -0.722. The number of rotatable bonds is 6. The molecule has 4 aromatic rings. The molecule has 2 aromatic carbocycles. The Hall–Kier alpha value is -3.79. The first-order valence-corrected chi connectivity index (χ1v) is 13.5. The second-order valence-electron chi connectivity index (χ2n) is 9.83. The summed E-state index contributed by atoms with van der Waals surface area (Å²) in [7, 11) is 1.96. The van der Waals surface area contributed by atoms with E-state index in [2.05, 4.69) is 40.5 Å². The Morgan fingerprint density at radius 3 is 2.66 bits per heavy atom. The van der Waals surface area contributed by atoms with Gasteiger partial charge in [-0.3, -0.25) is 9.59 Å². The number of aldehydes is 1. The normalized spacial score (nSPS) is 17.7. The number of allylic oxidation sites excluding steroid dienone is 1. The van der Waals surface area contributed by atoms with Gasteiger partial charge >= 0.3 is 0 Å². The van der Waals surface area contributed by atoms with E-state index in [1.54, 1.807) is 11.3 Å². The number of aryl methyl sites for hydroxylation is 1. The lowest BCUT2D eigenvalue weighted by molar-refractivity contribution is -0.118. The number of anilines is 1. The van der Waals surface area contributed by atoms with Gasteiger partial charge < -0.3 is 25.3 Å². The van der Waals surface area contributed by atoms with E-state index in [-0.39, 0.29) is 5.91 Å². The Morgan fingerprint density at radius 2 is 1.89 bits per heavy atom. The van der Waals surface area contributed by atoms with Crippen molar-refractivity contribution in [3.8, 4) is 11.1 Å². The highest BCUT2D eigenvalue weighted by atomic mass is 32.1. The van der Waals surface area contributed by atoms with Gasteiger partial charge in [-0.15, -0.1) is 11.3 Å². The van der Waals surface area contributed by atoms with Gasteiger partial charge in [0.2, 0.25) is 5.91 Å².